The summed E-state index contributed by atoms with van der Waals surface area (Å²) in [6.07, 6.45) is 3.46. The molecule has 0 unspecified atom stereocenters. The summed E-state index contributed by atoms with van der Waals surface area (Å²) in [6, 6.07) is 17.4. The first-order valence-corrected chi connectivity index (χ1v) is 10.7. The Labute approximate surface area is 183 Å². The first-order valence-electron chi connectivity index (χ1n) is 9.50. The van der Waals surface area contributed by atoms with E-state index in [1.165, 1.54) is 5.56 Å². The summed E-state index contributed by atoms with van der Waals surface area (Å²) in [6.45, 7) is 1.90. The average molecular weight is 475 g/mol. The second-order valence-corrected chi connectivity index (χ2v) is 8.51. The number of hydrogen-bond acceptors (Lipinski definition) is 3. The van der Waals surface area contributed by atoms with E-state index in [9.17, 15) is 4.79 Å². The number of ether oxygens (including phenoxy) is 1. The van der Waals surface area contributed by atoms with E-state index < -0.39 is 0 Å². The Morgan fingerprint density at radius 1 is 1.17 bits per heavy atom. The number of carbonyl (C=O) groups excluding carboxylic acids is 1. The van der Waals surface area contributed by atoms with Crippen LogP contribution in [0, 0.1) is 0 Å². The zero-order chi connectivity index (χ0) is 20.3. The minimum atomic E-state index is -0.198. The van der Waals surface area contributed by atoms with Gasteiger partial charge in [-0.25, -0.2) is 4.68 Å². The first kappa shape index (κ1) is 20.1. The van der Waals surface area contributed by atoms with Crippen LogP contribution in [0.1, 0.15) is 28.9 Å². The van der Waals surface area contributed by atoms with Gasteiger partial charge in [0.05, 0.1) is 10.7 Å². The predicted octanol–water partition coefficient (Wildman–Crippen LogP) is 4.77. The Morgan fingerprint density at radius 2 is 1.97 bits per heavy atom. The minimum absolute atomic E-state index is 0.150. The average Bonchev–Trinajstić information content (AvgIpc) is 3.23. The molecule has 2 aromatic carbocycles. The summed E-state index contributed by atoms with van der Waals surface area (Å²) >= 11 is 9.79. The summed E-state index contributed by atoms with van der Waals surface area (Å²) in [5, 5.41) is 8.07. The van der Waals surface area contributed by atoms with Crippen LogP contribution in [0.3, 0.4) is 0 Å². The standard InChI is InChI=1S/C22H21BrClN3O2/c23-17-5-3-4-16(14-17)22(9-12-29-13-10-22)15-25-21(28)19-8-11-27(26-19)20-7-2-1-6-18(20)24/h1-8,11,14H,9-10,12-13,15H2,(H,25,28). The molecule has 1 fully saturated rings. The van der Waals surface area contributed by atoms with Gasteiger partial charge in [0.2, 0.25) is 0 Å². The summed E-state index contributed by atoms with van der Waals surface area (Å²) in [5.74, 6) is -0.198. The fourth-order valence-corrected chi connectivity index (χ4v) is 4.33. The normalized spacial score (nSPS) is 15.8. The highest BCUT2D eigenvalue weighted by Gasteiger charge is 2.35. The molecule has 1 aromatic heterocycles. The Kier molecular flexibility index (Phi) is 6.04. The molecular weight excluding hydrogens is 454 g/mol. The summed E-state index contributed by atoms with van der Waals surface area (Å²) in [7, 11) is 0. The Balaban J connectivity index is 1.51. The number of nitrogens with one attached hydrogen (secondary N) is 1. The maximum absolute atomic E-state index is 12.8. The van der Waals surface area contributed by atoms with Crippen molar-refractivity contribution in [1.82, 2.24) is 15.1 Å². The molecule has 1 aliphatic rings. The highest BCUT2D eigenvalue weighted by molar-refractivity contribution is 9.10. The largest absolute Gasteiger partial charge is 0.381 e. The van der Waals surface area contributed by atoms with Crippen molar-refractivity contribution in [2.75, 3.05) is 19.8 Å². The fraction of sp³-hybridized carbons (Fsp3) is 0.273. The van der Waals surface area contributed by atoms with Crippen molar-refractivity contribution in [3.63, 3.8) is 0 Å². The molecule has 7 heteroatoms. The number of aromatic nitrogens is 2. The zero-order valence-electron chi connectivity index (χ0n) is 15.8. The first-order chi connectivity index (χ1) is 14.1. The van der Waals surface area contributed by atoms with Gasteiger partial charge in [-0.05, 0) is 48.7 Å². The van der Waals surface area contributed by atoms with Gasteiger partial charge in [-0.1, -0.05) is 51.8 Å². The predicted molar refractivity (Wildman–Crippen MR) is 117 cm³/mol. The van der Waals surface area contributed by atoms with Crippen molar-refractivity contribution in [3.8, 4) is 5.69 Å². The molecule has 0 radical (unpaired) electrons. The van der Waals surface area contributed by atoms with E-state index in [1.807, 2.05) is 30.3 Å². The molecule has 0 saturated carbocycles. The van der Waals surface area contributed by atoms with Crippen molar-refractivity contribution < 1.29 is 9.53 Å². The van der Waals surface area contributed by atoms with Crippen LogP contribution in [0.2, 0.25) is 5.02 Å². The van der Waals surface area contributed by atoms with Gasteiger partial charge in [0.1, 0.15) is 0 Å². The Morgan fingerprint density at radius 3 is 2.72 bits per heavy atom. The molecular formula is C22H21BrClN3O2. The van der Waals surface area contributed by atoms with E-state index in [1.54, 1.807) is 23.0 Å². The summed E-state index contributed by atoms with van der Waals surface area (Å²) < 4.78 is 8.23. The van der Waals surface area contributed by atoms with Crippen LogP contribution in [-0.4, -0.2) is 35.4 Å². The third-order valence-electron chi connectivity index (χ3n) is 5.40. The molecule has 1 N–H and O–H groups in total. The van der Waals surface area contributed by atoms with Gasteiger partial charge in [-0.3, -0.25) is 4.79 Å². The van der Waals surface area contributed by atoms with Crippen LogP contribution in [-0.2, 0) is 10.2 Å². The highest BCUT2D eigenvalue weighted by Crippen LogP contribution is 2.35. The topological polar surface area (TPSA) is 56.1 Å². The molecule has 4 rings (SSSR count). The molecule has 0 spiro atoms. The Hall–Kier alpha value is -2.15. The molecule has 1 aliphatic heterocycles. The van der Waals surface area contributed by atoms with Crippen molar-refractivity contribution in [2.24, 2.45) is 0 Å². The lowest BCUT2D eigenvalue weighted by Gasteiger charge is -2.38. The van der Waals surface area contributed by atoms with Crippen LogP contribution in [0.4, 0.5) is 0 Å². The SMILES string of the molecule is O=C(NCC1(c2cccc(Br)c2)CCOCC1)c1ccn(-c2ccccc2Cl)n1. The minimum Gasteiger partial charge on any atom is -0.381 e. The zero-order valence-corrected chi connectivity index (χ0v) is 18.1. The van der Waals surface area contributed by atoms with Gasteiger partial charge in [0.15, 0.2) is 5.69 Å². The van der Waals surface area contributed by atoms with Crippen molar-refractivity contribution in [1.29, 1.82) is 0 Å². The van der Waals surface area contributed by atoms with E-state index in [-0.39, 0.29) is 11.3 Å². The number of benzene rings is 2. The highest BCUT2D eigenvalue weighted by atomic mass is 79.9. The maximum atomic E-state index is 12.8. The Bertz CT molecular complexity index is 1010. The smallest absolute Gasteiger partial charge is 0.271 e. The van der Waals surface area contributed by atoms with Crippen LogP contribution in [0.15, 0.2) is 65.3 Å². The molecule has 2 heterocycles. The van der Waals surface area contributed by atoms with Crippen LogP contribution in [0.25, 0.3) is 5.69 Å². The van der Waals surface area contributed by atoms with E-state index in [0.29, 0.717) is 30.5 Å². The van der Waals surface area contributed by atoms with Crippen molar-refractivity contribution in [2.45, 2.75) is 18.3 Å². The number of hydrogen-bond donors (Lipinski definition) is 1. The number of halogens is 2. The maximum Gasteiger partial charge on any atom is 0.271 e. The molecule has 0 atom stereocenters. The van der Waals surface area contributed by atoms with Gasteiger partial charge in [-0.15, -0.1) is 0 Å². The lowest BCUT2D eigenvalue weighted by atomic mass is 9.74. The quantitative estimate of drug-likeness (QED) is 0.580. The van der Waals surface area contributed by atoms with E-state index in [2.05, 4.69) is 38.5 Å². The van der Waals surface area contributed by atoms with E-state index in [4.69, 9.17) is 16.3 Å². The summed E-state index contributed by atoms with van der Waals surface area (Å²) in [5.41, 5.74) is 2.16. The number of para-hydroxylation sites is 1. The molecule has 3 aromatic rings. The third-order valence-corrected chi connectivity index (χ3v) is 6.21. The third kappa shape index (κ3) is 4.39. The van der Waals surface area contributed by atoms with Crippen LogP contribution in [0.5, 0.6) is 0 Å². The summed E-state index contributed by atoms with van der Waals surface area (Å²) in [4.78, 5) is 12.8. The van der Waals surface area contributed by atoms with Gasteiger partial charge in [-0.2, -0.15) is 5.10 Å². The molecule has 1 amide bonds. The van der Waals surface area contributed by atoms with Crippen LogP contribution < -0.4 is 5.32 Å². The lowest BCUT2D eigenvalue weighted by molar-refractivity contribution is 0.0486. The number of amides is 1. The van der Waals surface area contributed by atoms with E-state index in [0.717, 1.165) is 23.0 Å². The monoisotopic (exact) mass is 473 g/mol. The van der Waals surface area contributed by atoms with Gasteiger partial charge in [0, 0.05) is 35.8 Å². The second kappa shape index (κ2) is 8.69. The number of carbonyl (C=O) groups is 1. The number of nitrogens with zero attached hydrogens (tertiary/aromatic N) is 2. The van der Waals surface area contributed by atoms with Gasteiger partial charge >= 0.3 is 0 Å². The van der Waals surface area contributed by atoms with Gasteiger partial charge in [0.25, 0.3) is 5.91 Å². The lowest BCUT2D eigenvalue weighted by Crippen LogP contribution is -2.44. The van der Waals surface area contributed by atoms with Crippen LogP contribution >= 0.6 is 27.5 Å². The van der Waals surface area contributed by atoms with E-state index >= 15 is 0 Å². The van der Waals surface area contributed by atoms with Crippen molar-refractivity contribution in [3.05, 3.63) is 81.5 Å². The molecule has 0 bridgehead atoms. The molecule has 5 nitrogen and oxygen atoms in total. The number of rotatable bonds is 5. The fourth-order valence-electron chi connectivity index (χ4n) is 3.70. The molecule has 29 heavy (non-hydrogen) atoms. The second-order valence-electron chi connectivity index (χ2n) is 7.18. The molecule has 0 aliphatic carbocycles. The molecule has 150 valence electrons. The van der Waals surface area contributed by atoms with Gasteiger partial charge < -0.3 is 10.1 Å². The molecule has 1 saturated heterocycles. The van der Waals surface area contributed by atoms with Crippen molar-refractivity contribution >= 4 is 33.4 Å².